The van der Waals surface area contributed by atoms with Crippen molar-refractivity contribution in [2.24, 2.45) is 5.92 Å². The van der Waals surface area contributed by atoms with Crippen LogP contribution in [0.25, 0.3) is 11.4 Å². The largest absolute Gasteiger partial charge is 0.361 e. The van der Waals surface area contributed by atoms with Crippen LogP contribution in [0.4, 0.5) is 5.95 Å². The van der Waals surface area contributed by atoms with Gasteiger partial charge in [-0.3, -0.25) is 15.2 Å². The van der Waals surface area contributed by atoms with Crippen molar-refractivity contribution < 1.29 is 17.7 Å². The van der Waals surface area contributed by atoms with E-state index in [1.54, 1.807) is 6.92 Å². The lowest BCUT2D eigenvalue weighted by atomic mass is 10.2. The second-order valence-electron chi connectivity index (χ2n) is 6.77. The first-order valence-corrected chi connectivity index (χ1v) is 9.57. The second-order valence-corrected chi connectivity index (χ2v) is 9.43. The number of carbonyl (C=O) groups excluding carboxylic acids is 1. The number of H-pyrrole nitrogens is 1. The van der Waals surface area contributed by atoms with E-state index in [-0.39, 0.29) is 17.6 Å². The van der Waals surface area contributed by atoms with Crippen LogP contribution in [0.1, 0.15) is 39.9 Å². The van der Waals surface area contributed by atoms with Crippen molar-refractivity contribution >= 4 is 21.7 Å². The summed E-state index contributed by atoms with van der Waals surface area (Å²) in [6.45, 7) is 8.36. The number of nitrogens with zero attached hydrogens (tertiary/aromatic N) is 3. The average Bonchev–Trinajstić information content (AvgIpc) is 3.13. The Morgan fingerprint density at radius 3 is 2.64 bits per heavy atom. The van der Waals surface area contributed by atoms with Crippen molar-refractivity contribution in [3.05, 3.63) is 12.0 Å². The van der Waals surface area contributed by atoms with Gasteiger partial charge in [-0.15, -0.1) is 5.10 Å². The molecule has 1 amide bonds. The lowest BCUT2D eigenvalue weighted by molar-refractivity contribution is -0.117. The molecule has 10 heteroatoms. The Hall–Kier alpha value is -2.23. The highest BCUT2D eigenvalue weighted by Gasteiger charge is 2.41. The summed E-state index contributed by atoms with van der Waals surface area (Å²) in [4.78, 5) is 16.6. The van der Waals surface area contributed by atoms with Crippen LogP contribution in [0, 0.1) is 12.8 Å². The summed E-state index contributed by atoms with van der Waals surface area (Å²) in [7, 11) is -3.62. The topological polar surface area (TPSA) is 131 Å². The molecule has 9 nitrogen and oxygen atoms in total. The predicted molar refractivity (Wildman–Crippen MR) is 92.6 cm³/mol. The molecule has 0 spiro atoms. The van der Waals surface area contributed by atoms with Gasteiger partial charge in [-0.1, -0.05) is 19.0 Å². The van der Waals surface area contributed by atoms with E-state index in [2.05, 4.69) is 25.7 Å². The number of aromatic amines is 1. The third-order valence-corrected chi connectivity index (χ3v) is 6.52. The number of rotatable bonds is 7. The quantitative estimate of drug-likeness (QED) is 0.762. The maximum absolute atomic E-state index is 12.5. The molecular weight excluding hydrogens is 346 g/mol. The molecule has 138 valence electrons. The number of amides is 1. The van der Waals surface area contributed by atoms with Gasteiger partial charge in [0.2, 0.25) is 11.9 Å². The molecule has 0 fully saturated rings. The summed E-state index contributed by atoms with van der Waals surface area (Å²) in [5, 5.41) is 12.7. The standard InChI is InChI=1S/C15H23N5O4S/c1-9(2)6-7-25(22,23)15(4,5)13(21)18-14-17-12(19-20-14)11-8-16-24-10(11)3/h8-9H,6-7H2,1-5H3,(H2,17,18,19,20,21). The van der Waals surface area contributed by atoms with Gasteiger partial charge in [0.15, 0.2) is 15.7 Å². The first-order chi connectivity index (χ1) is 11.5. The van der Waals surface area contributed by atoms with Crippen molar-refractivity contribution in [1.29, 1.82) is 0 Å². The fourth-order valence-electron chi connectivity index (χ4n) is 2.00. The lowest BCUT2D eigenvalue weighted by Crippen LogP contribution is -2.46. The van der Waals surface area contributed by atoms with Gasteiger partial charge in [0.05, 0.1) is 17.5 Å². The number of aryl methyl sites for hydroxylation is 1. The number of hydrogen-bond donors (Lipinski definition) is 2. The number of sulfone groups is 1. The van der Waals surface area contributed by atoms with Crippen LogP contribution < -0.4 is 5.32 Å². The minimum Gasteiger partial charge on any atom is -0.361 e. The number of nitrogens with one attached hydrogen (secondary N) is 2. The molecule has 2 aromatic heterocycles. The molecule has 25 heavy (non-hydrogen) atoms. The van der Waals surface area contributed by atoms with E-state index in [9.17, 15) is 13.2 Å². The SMILES string of the molecule is Cc1oncc1-c1nc(NC(=O)C(C)(C)S(=O)(=O)CCC(C)C)n[nH]1. The molecule has 0 bridgehead atoms. The van der Waals surface area contributed by atoms with Crippen LogP contribution in [-0.2, 0) is 14.6 Å². The summed E-state index contributed by atoms with van der Waals surface area (Å²) in [6.07, 6.45) is 1.97. The smallest absolute Gasteiger partial charge is 0.249 e. The van der Waals surface area contributed by atoms with Gasteiger partial charge in [0.25, 0.3) is 0 Å². The molecule has 0 aromatic carbocycles. The predicted octanol–water partition coefficient (Wildman–Crippen LogP) is 1.95. The van der Waals surface area contributed by atoms with Crippen molar-refractivity contribution in [2.75, 3.05) is 11.1 Å². The van der Waals surface area contributed by atoms with Gasteiger partial charge in [-0.2, -0.15) is 4.98 Å². The van der Waals surface area contributed by atoms with E-state index in [4.69, 9.17) is 4.52 Å². The fourth-order valence-corrected chi connectivity index (χ4v) is 3.63. The first kappa shape index (κ1) is 19.1. The van der Waals surface area contributed by atoms with Gasteiger partial charge >= 0.3 is 0 Å². The Morgan fingerprint density at radius 2 is 2.08 bits per heavy atom. The average molecular weight is 369 g/mol. The van der Waals surface area contributed by atoms with Crippen LogP contribution in [0.3, 0.4) is 0 Å². The Balaban J connectivity index is 2.13. The van der Waals surface area contributed by atoms with E-state index in [1.807, 2.05) is 13.8 Å². The molecule has 2 rings (SSSR count). The van der Waals surface area contributed by atoms with E-state index in [0.717, 1.165) is 0 Å². The minimum atomic E-state index is -3.62. The highest BCUT2D eigenvalue weighted by atomic mass is 32.2. The van der Waals surface area contributed by atoms with Crippen LogP contribution in [0.5, 0.6) is 0 Å². The Bertz CT molecular complexity index is 851. The Kier molecular flexibility index (Phi) is 5.31. The summed E-state index contributed by atoms with van der Waals surface area (Å²) in [6, 6.07) is 0. The van der Waals surface area contributed by atoms with Crippen molar-refractivity contribution in [1.82, 2.24) is 20.3 Å². The van der Waals surface area contributed by atoms with Crippen molar-refractivity contribution in [3.8, 4) is 11.4 Å². The molecule has 2 N–H and O–H groups in total. The van der Waals surface area contributed by atoms with Crippen molar-refractivity contribution in [3.63, 3.8) is 0 Å². The molecule has 0 aliphatic rings. The Morgan fingerprint density at radius 1 is 1.40 bits per heavy atom. The monoisotopic (exact) mass is 369 g/mol. The summed E-state index contributed by atoms with van der Waals surface area (Å²) in [5.41, 5.74) is 0.608. The zero-order chi connectivity index (χ0) is 18.8. The second kappa shape index (κ2) is 6.95. The fraction of sp³-hybridized carbons (Fsp3) is 0.600. The normalized spacial score (nSPS) is 12.6. The molecular formula is C15H23N5O4S. The van der Waals surface area contributed by atoms with Crippen LogP contribution in [-0.4, -0.2) is 45.2 Å². The molecule has 0 unspecified atom stereocenters. The van der Waals surface area contributed by atoms with Crippen molar-refractivity contribution in [2.45, 2.75) is 45.8 Å². The zero-order valence-electron chi connectivity index (χ0n) is 15.0. The number of anilines is 1. The number of aromatic nitrogens is 4. The zero-order valence-corrected chi connectivity index (χ0v) is 15.8. The maximum atomic E-state index is 12.5. The third-order valence-electron chi connectivity index (χ3n) is 4.00. The summed E-state index contributed by atoms with van der Waals surface area (Å²) in [5.74, 6) is 0.414. The van der Waals surface area contributed by atoms with Gasteiger partial charge < -0.3 is 4.52 Å². The molecule has 0 radical (unpaired) electrons. The van der Waals surface area contributed by atoms with Gasteiger partial charge in [0, 0.05) is 0 Å². The highest BCUT2D eigenvalue weighted by molar-refractivity contribution is 7.93. The minimum absolute atomic E-state index is 0.00673. The third kappa shape index (κ3) is 4.06. The molecule has 0 saturated heterocycles. The molecule has 0 aliphatic heterocycles. The van der Waals surface area contributed by atoms with Crippen LogP contribution in [0.2, 0.25) is 0 Å². The van der Waals surface area contributed by atoms with E-state index in [1.165, 1.54) is 20.0 Å². The maximum Gasteiger partial charge on any atom is 0.249 e. The summed E-state index contributed by atoms with van der Waals surface area (Å²) >= 11 is 0. The molecule has 0 aliphatic carbocycles. The molecule has 2 aromatic rings. The van der Waals surface area contributed by atoms with E-state index in [0.29, 0.717) is 23.6 Å². The molecule has 0 saturated carbocycles. The van der Waals surface area contributed by atoms with Gasteiger partial charge in [0.1, 0.15) is 10.5 Å². The van der Waals surface area contributed by atoms with Gasteiger partial charge in [-0.05, 0) is 33.1 Å². The van der Waals surface area contributed by atoms with Crippen LogP contribution >= 0.6 is 0 Å². The van der Waals surface area contributed by atoms with E-state index < -0.39 is 20.5 Å². The number of hydrogen-bond acceptors (Lipinski definition) is 7. The van der Waals surface area contributed by atoms with Crippen LogP contribution in [0.15, 0.2) is 10.7 Å². The molecule has 2 heterocycles. The first-order valence-electron chi connectivity index (χ1n) is 7.92. The number of carbonyl (C=O) groups is 1. The molecule has 0 atom stereocenters. The summed E-state index contributed by atoms with van der Waals surface area (Å²) < 4.78 is 28.4. The van der Waals surface area contributed by atoms with Gasteiger partial charge in [-0.25, -0.2) is 8.42 Å². The van der Waals surface area contributed by atoms with E-state index >= 15 is 0 Å². The highest BCUT2D eigenvalue weighted by Crippen LogP contribution is 2.23. The lowest BCUT2D eigenvalue weighted by Gasteiger charge is -2.23. The Labute approximate surface area is 146 Å².